The Balaban J connectivity index is 3.00. The van der Waals surface area contributed by atoms with Gasteiger partial charge in [-0.25, -0.2) is 4.98 Å². The van der Waals surface area contributed by atoms with E-state index in [1.165, 1.54) is 0 Å². The van der Waals surface area contributed by atoms with E-state index in [1.54, 1.807) is 18.3 Å². The minimum atomic E-state index is 0.626. The molecule has 3 nitrogen and oxygen atoms in total. The van der Waals surface area contributed by atoms with E-state index >= 15 is 0 Å². The van der Waals surface area contributed by atoms with Crippen molar-refractivity contribution in [2.45, 2.75) is 13.8 Å². The molecule has 0 aliphatic carbocycles. The third-order valence-electron chi connectivity index (χ3n) is 2.09. The standard InChI is InChI=1S/C12H16N2O/c1-4-14(8-10(2)3)12-11(9-15)6-5-7-13-12/h5-7,9H,2,4,8H2,1,3H3. The number of nitrogens with zero attached hydrogens (tertiary/aromatic N) is 2. The number of carbonyl (C=O) groups is 1. The van der Waals surface area contributed by atoms with Crippen LogP contribution in [0, 0.1) is 0 Å². The van der Waals surface area contributed by atoms with Gasteiger partial charge in [-0.1, -0.05) is 12.2 Å². The van der Waals surface area contributed by atoms with Crippen molar-refractivity contribution < 1.29 is 4.79 Å². The minimum Gasteiger partial charge on any atom is -0.352 e. The molecule has 1 heterocycles. The number of aromatic nitrogens is 1. The molecule has 1 rings (SSSR count). The van der Waals surface area contributed by atoms with Crippen molar-refractivity contribution in [2.75, 3.05) is 18.0 Å². The second-order valence-electron chi connectivity index (χ2n) is 3.51. The molecule has 0 fully saturated rings. The highest BCUT2D eigenvalue weighted by molar-refractivity contribution is 5.82. The lowest BCUT2D eigenvalue weighted by atomic mass is 10.2. The van der Waals surface area contributed by atoms with Gasteiger partial charge in [-0.05, 0) is 26.0 Å². The van der Waals surface area contributed by atoms with E-state index in [4.69, 9.17) is 0 Å². The maximum Gasteiger partial charge on any atom is 0.153 e. The van der Waals surface area contributed by atoms with Crippen LogP contribution in [0.1, 0.15) is 24.2 Å². The SMILES string of the molecule is C=C(C)CN(CC)c1ncccc1C=O. The van der Waals surface area contributed by atoms with Gasteiger partial charge >= 0.3 is 0 Å². The minimum absolute atomic E-state index is 0.626. The first-order valence-electron chi connectivity index (χ1n) is 4.98. The van der Waals surface area contributed by atoms with Crippen LogP contribution < -0.4 is 4.90 Å². The highest BCUT2D eigenvalue weighted by Crippen LogP contribution is 2.15. The zero-order valence-electron chi connectivity index (χ0n) is 9.23. The third-order valence-corrected chi connectivity index (χ3v) is 2.09. The Kier molecular flexibility index (Phi) is 4.03. The van der Waals surface area contributed by atoms with E-state index in [-0.39, 0.29) is 0 Å². The van der Waals surface area contributed by atoms with Crippen LogP contribution >= 0.6 is 0 Å². The summed E-state index contributed by atoms with van der Waals surface area (Å²) in [6.07, 6.45) is 2.53. The lowest BCUT2D eigenvalue weighted by Crippen LogP contribution is -2.26. The average molecular weight is 204 g/mol. The predicted molar refractivity (Wildman–Crippen MR) is 62.3 cm³/mol. The van der Waals surface area contributed by atoms with Gasteiger partial charge in [0.25, 0.3) is 0 Å². The van der Waals surface area contributed by atoms with E-state index in [1.807, 2.05) is 18.7 Å². The van der Waals surface area contributed by atoms with Gasteiger partial charge in [-0.2, -0.15) is 0 Å². The molecule has 1 aromatic heterocycles. The fraction of sp³-hybridized carbons (Fsp3) is 0.333. The van der Waals surface area contributed by atoms with Crippen LogP contribution in [0.2, 0.25) is 0 Å². The first-order valence-corrected chi connectivity index (χ1v) is 4.98. The molecule has 0 aliphatic heterocycles. The Bertz CT molecular complexity index is 360. The molecule has 0 spiro atoms. The second kappa shape index (κ2) is 5.29. The smallest absolute Gasteiger partial charge is 0.153 e. The van der Waals surface area contributed by atoms with Crippen molar-refractivity contribution in [3.8, 4) is 0 Å². The second-order valence-corrected chi connectivity index (χ2v) is 3.51. The lowest BCUT2D eigenvalue weighted by Gasteiger charge is -2.23. The van der Waals surface area contributed by atoms with Crippen molar-refractivity contribution in [1.82, 2.24) is 4.98 Å². The van der Waals surface area contributed by atoms with Crippen molar-refractivity contribution in [3.05, 3.63) is 36.0 Å². The van der Waals surface area contributed by atoms with Gasteiger partial charge in [0.05, 0.1) is 5.56 Å². The quantitative estimate of drug-likeness (QED) is 0.545. The molecule has 1 aromatic rings. The number of anilines is 1. The number of hydrogen-bond acceptors (Lipinski definition) is 3. The maximum atomic E-state index is 10.8. The molecule has 0 radical (unpaired) electrons. The Morgan fingerprint density at radius 2 is 2.40 bits per heavy atom. The molecule has 0 amide bonds. The molecule has 0 bridgehead atoms. The Morgan fingerprint density at radius 3 is 2.93 bits per heavy atom. The predicted octanol–water partition coefficient (Wildman–Crippen LogP) is 2.30. The van der Waals surface area contributed by atoms with Crippen molar-refractivity contribution in [3.63, 3.8) is 0 Å². The van der Waals surface area contributed by atoms with Gasteiger partial charge in [-0.3, -0.25) is 4.79 Å². The first-order chi connectivity index (χ1) is 7.19. The molecule has 0 aromatic carbocycles. The summed E-state index contributed by atoms with van der Waals surface area (Å²) in [4.78, 5) is 17.1. The highest BCUT2D eigenvalue weighted by atomic mass is 16.1. The van der Waals surface area contributed by atoms with E-state index in [2.05, 4.69) is 11.6 Å². The van der Waals surface area contributed by atoms with Crippen LogP contribution in [-0.2, 0) is 0 Å². The van der Waals surface area contributed by atoms with E-state index in [9.17, 15) is 4.79 Å². The van der Waals surface area contributed by atoms with Crippen LogP contribution in [0.3, 0.4) is 0 Å². The third kappa shape index (κ3) is 2.91. The van der Waals surface area contributed by atoms with Gasteiger partial charge in [0.2, 0.25) is 0 Å². The summed E-state index contributed by atoms with van der Waals surface area (Å²) in [6.45, 7) is 9.41. The fourth-order valence-corrected chi connectivity index (χ4v) is 1.43. The summed E-state index contributed by atoms with van der Waals surface area (Å²) in [7, 11) is 0. The summed E-state index contributed by atoms with van der Waals surface area (Å²) in [5, 5.41) is 0. The van der Waals surface area contributed by atoms with Gasteiger partial charge in [-0.15, -0.1) is 0 Å². The number of pyridine rings is 1. The van der Waals surface area contributed by atoms with Gasteiger partial charge < -0.3 is 4.90 Å². The van der Waals surface area contributed by atoms with E-state index in [0.717, 1.165) is 30.8 Å². The topological polar surface area (TPSA) is 33.2 Å². The normalized spacial score (nSPS) is 9.73. The molecular weight excluding hydrogens is 188 g/mol. The van der Waals surface area contributed by atoms with Crippen LogP contribution in [0.25, 0.3) is 0 Å². The molecule has 0 aliphatic rings. The van der Waals surface area contributed by atoms with Crippen LogP contribution in [-0.4, -0.2) is 24.4 Å². The van der Waals surface area contributed by atoms with Crippen LogP contribution in [0.4, 0.5) is 5.82 Å². The van der Waals surface area contributed by atoms with Crippen LogP contribution in [0.5, 0.6) is 0 Å². The largest absolute Gasteiger partial charge is 0.352 e. The summed E-state index contributed by atoms with van der Waals surface area (Å²) < 4.78 is 0. The summed E-state index contributed by atoms with van der Waals surface area (Å²) in [6, 6.07) is 3.54. The number of rotatable bonds is 5. The fourth-order valence-electron chi connectivity index (χ4n) is 1.43. The van der Waals surface area contributed by atoms with Crippen molar-refractivity contribution >= 4 is 12.1 Å². The highest BCUT2D eigenvalue weighted by Gasteiger charge is 2.09. The summed E-state index contributed by atoms with van der Waals surface area (Å²) >= 11 is 0. The summed E-state index contributed by atoms with van der Waals surface area (Å²) in [5.74, 6) is 0.734. The molecule has 0 N–H and O–H groups in total. The molecule has 3 heteroatoms. The zero-order chi connectivity index (χ0) is 11.3. The van der Waals surface area contributed by atoms with Crippen molar-refractivity contribution in [1.29, 1.82) is 0 Å². The average Bonchev–Trinajstić information content (AvgIpc) is 2.25. The number of carbonyl (C=O) groups excluding carboxylic acids is 1. The Hall–Kier alpha value is -1.64. The Morgan fingerprint density at radius 1 is 1.67 bits per heavy atom. The molecule has 15 heavy (non-hydrogen) atoms. The number of aldehydes is 1. The molecule has 0 unspecified atom stereocenters. The van der Waals surface area contributed by atoms with Crippen LogP contribution in [0.15, 0.2) is 30.5 Å². The first kappa shape index (κ1) is 11.4. The molecule has 0 atom stereocenters. The molecule has 0 saturated heterocycles. The Labute approximate surface area is 90.4 Å². The monoisotopic (exact) mass is 204 g/mol. The molecule has 80 valence electrons. The summed E-state index contributed by atoms with van der Waals surface area (Å²) in [5.41, 5.74) is 1.68. The zero-order valence-corrected chi connectivity index (χ0v) is 9.23. The molecular formula is C12H16N2O. The lowest BCUT2D eigenvalue weighted by molar-refractivity contribution is 0.112. The molecule has 0 saturated carbocycles. The number of likely N-dealkylation sites (N-methyl/N-ethyl adjacent to an activating group) is 1. The van der Waals surface area contributed by atoms with Gasteiger partial charge in [0.1, 0.15) is 5.82 Å². The maximum absolute atomic E-state index is 10.8. The van der Waals surface area contributed by atoms with Crippen molar-refractivity contribution in [2.24, 2.45) is 0 Å². The van der Waals surface area contributed by atoms with E-state index < -0.39 is 0 Å². The number of hydrogen-bond donors (Lipinski definition) is 0. The van der Waals surface area contributed by atoms with Gasteiger partial charge in [0.15, 0.2) is 6.29 Å². The van der Waals surface area contributed by atoms with E-state index in [0.29, 0.717) is 5.56 Å². The van der Waals surface area contributed by atoms with Gasteiger partial charge in [0, 0.05) is 19.3 Å².